The van der Waals surface area contributed by atoms with Crippen molar-refractivity contribution in [2.45, 2.75) is 25.4 Å². The highest BCUT2D eigenvalue weighted by molar-refractivity contribution is 5.60. The van der Waals surface area contributed by atoms with Crippen molar-refractivity contribution in [1.82, 2.24) is 15.5 Å². The Balaban J connectivity index is 1.77. The molecule has 0 aliphatic heterocycles. The van der Waals surface area contributed by atoms with Gasteiger partial charge in [0.2, 0.25) is 11.7 Å². The Bertz CT molecular complexity index is 578. The molecule has 3 rings (SSSR count). The van der Waals surface area contributed by atoms with Crippen LogP contribution in [-0.2, 0) is 6.54 Å². The number of benzene rings is 1. The van der Waals surface area contributed by atoms with E-state index >= 15 is 0 Å². The maximum absolute atomic E-state index is 9.54. The molecule has 2 aromatic rings. The molecule has 0 amide bonds. The summed E-state index contributed by atoms with van der Waals surface area (Å²) in [6, 6.07) is 5.55. The molecule has 1 aliphatic carbocycles. The van der Waals surface area contributed by atoms with E-state index < -0.39 is 0 Å². The van der Waals surface area contributed by atoms with Gasteiger partial charge in [-0.2, -0.15) is 4.98 Å². The van der Waals surface area contributed by atoms with Crippen LogP contribution in [0.1, 0.15) is 18.7 Å². The van der Waals surface area contributed by atoms with Crippen molar-refractivity contribution in [2.75, 3.05) is 7.11 Å². The average molecular weight is 261 g/mol. The molecular weight excluding hydrogens is 246 g/mol. The van der Waals surface area contributed by atoms with Crippen molar-refractivity contribution in [3.8, 4) is 22.9 Å². The van der Waals surface area contributed by atoms with Crippen LogP contribution in [0.2, 0.25) is 0 Å². The number of aromatic hydroxyl groups is 1. The number of ether oxygens (including phenoxy) is 1. The second-order valence-corrected chi connectivity index (χ2v) is 4.55. The Kier molecular flexibility index (Phi) is 3.08. The number of aromatic nitrogens is 2. The third-order valence-electron chi connectivity index (χ3n) is 3.03. The third-order valence-corrected chi connectivity index (χ3v) is 3.03. The van der Waals surface area contributed by atoms with Crippen LogP contribution in [-0.4, -0.2) is 28.4 Å². The minimum Gasteiger partial charge on any atom is -0.504 e. The molecule has 1 fully saturated rings. The van der Waals surface area contributed by atoms with Crippen molar-refractivity contribution >= 4 is 0 Å². The first kappa shape index (κ1) is 12.0. The van der Waals surface area contributed by atoms with Crippen LogP contribution in [0, 0.1) is 0 Å². The van der Waals surface area contributed by atoms with E-state index in [0.717, 1.165) is 5.56 Å². The summed E-state index contributed by atoms with van der Waals surface area (Å²) in [6.45, 7) is 0.590. The SMILES string of the molecule is COc1cc(-c2noc(CNC3CC3)n2)ccc1O. The lowest BCUT2D eigenvalue weighted by molar-refractivity contribution is 0.367. The maximum Gasteiger partial charge on any atom is 0.240 e. The summed E-state index contributed by atoms with van der Waals surface area (Å²) in [7, 11) is 1.50. The van der Waals surface area contributed by atoms with Gasteiger partial charge in [-0.05, 0) is 31.0 Å². The number of hydrogen-bond donors (Lipinski definition) is 2. The van der Waals surface area contributed by atoms with Gasteiger partial charge >= 0.3 is 0 Å². The first-order chi connectivity index (χ1) is 9.26. The number of nitrogens with one attached hydrogen (secondary N) is 1. The molecule has 1 heterocycles. The fraction of sp³-hybridized carbons (Fsp3) is 0.385. The molecule has 1 aliphatic rings. The number of methoxy groups -OCH3 is 1. The molecule has 1 saturated carbocycles. The summed E-state index contributed by atoms with van der Waals surface area (Å²) in [5, 5.41) is 16.8. The van der Waals surface area contributed by atoms with Crippen LogP contribution in [0.3, 0.4) is 0 Å². The van der Waals surface area contributed by atoms with Crippen molar-refractivity contribution < 1.29 is 14.4 Å². The predicted molar refractivity (Wildman–Crippen MR) is 67.8 cm³/mol. The number of hydrogen-bond acceptors (Lipinski definition) is 6. The maximum atomic E-state index is 9.54. The summed E-state index contributed by atoms with van der Waals surface area (Å²) in [5.74, 6) is 1.53. The summed E-state index contributed by atoms with van der Waals surface area (Å²) < 4.78 is 10.2. The molecule has 2 N–H and O–H groups in total. The minimum absolute atomic E-state index is 0.0883. The van der Waals surface area contributed by atoms with E-state index in [-0.39, 0.29) is 5.75 Å². The zero-order valence-electron chi connectivity index (χ0n) is 10.6. The normalized spacial score (nSPS) is 14.6. The number of phenols is 1. The highest BCUT2D eigenvalue weighted by Crippen LogP contribution is 2.30. The van der Waals surface area contributed by atoms with Crippen LogP contribution < -0.4 is 10.1 Å². The van der Waals surface area contributed by atoms with Crippen LogP contribution >= 0.6 is 0 Å². The molecule has 1 aromatic carbocycles. The second-order valence-electron chi connectivity index (χ2n) is 4.55. The van der Waals surface area contributed by atoms with Gasteiger partial charge in [0, 0.05) is 11.6 Å². The average Bonchev–Trinajstić information content (AvgIpc) is 3.14. The van der Waals surface area contributed by atoms with Gasteiger partial charge in [-0.3, -0.25) is 0 Å². The highest BCUT2D eigenvalue weighted by Gasteiger charge is 2.21. The summed E-state index contributed by atoms with van der Waals surface area (Å²) in [4.78, 5) is 4.31. The van der Waals surface area contributed by atoms with Gasteiger partial charge in [-0.15, -0.1) is 0 Å². The lowest BCUT2D eigenvalue weighted by atomic mass is 10.2. The molecule has 6 nitrogen and oxygen atoms in total. The molecule has 19 heavy (non-hydrogen) atoms. The molecule has 0 radical (unpaired) electrons. The Morgan fingerprint density at radius 3 is 3.05 bits per heavy atom. The van der Waals surface area contributed by atoms with Crippen molar-refractivity contribution in [3.63, 3.8) is 0 Å². The summed E-state index contributed by atoms with van der Waals surface area (Å²) in [5.41, 5.74) is 0.746. The van der Waals surface area contributed by atoms with Crippen LogP contribution in [0.25, 0.3) is 11.4 Å². The van der Waals surface area contributed by atoms with E-state index in [9.17, 15) is 5.11 Å². The van der Waals surface area contributed by atoms with E-state index in [1.165, 1.54) is 20.0 Å². The standard InChI is InChI=1S/C13H15N3O3/c1-18-11-6-8(2-5-10(11)17)13-15-12(19-16-13)7-14-9-3-4-9/h2,5-6,9,14,17H,3-4,7H2,1H3. The Morgan fingerprint density at radius 1 is 1.47 bits per heavy atom. The van der Waals surface area contributed by atoms with Gasteiger partial charge in [-0.1, -0.05) is 5.16 Å². The van der Waals surface area contributed by atoms with E-state index in [1.54, 1.807) is 18.2 Å². The van der Waals surface area contributed by atoms with Gasteiger partial charge in [0.25, 0.3) is 0 Å². The van der Waals surface area contributed by atoms with Crippen LogP contribution in [0.4, 0.5) is 0 Å². The van der Waals surface area contributed by atoms with Crippen LogP contribution in [0.5, 0.6) is 11.5 Å². The molecule has 0 unspecified atom stereocenters. The summed E-state index contributed by atoms with van der Waals surface area (Å²) in [6.07, 6.45) is 2.44. The fourth-order valence-corrected chi connectivity index (χ4v) is 1.78. The van der Waals surface area contributed by atoms with Crippen molar-refractivity contribution in [1.29, 1.82) is 0 Å². The molecule has 6 heteroatoms. The zero-order chi connectivity index (χ0) is 13.2. The first-order valence-electron chi connectivity index (χ1n) is 6.19. The molecule has 100 valence electrons. The number of nitrogens with zero attached hydrogens (tertiary/aromatic N) is 2. The fourth-order valence-electron chi connectivity index (χ4n) is 1.78. The molecule has 1 aromatic heterocycles. The molecule has 0 bridgehead atoms. The van der Waals surface area contributed by atoms with Crippen LogP contribution in [0.15, 0.2) is 22.7 Å². The van der Waals surface area contributed by atoms with E-state index in [0.29, 0.717) is 30.1 Å². The van der Waals surface area contributed by atoms with Crippen molar-refractivity contribution in [3.05, 3.63) is 24.1 Å². The van der Waals surface area contributed by atoms with Gasteiger partial charge in [0.05, 0.1) is 13.7 Å². The summed E-state index contributed by atoms with van der Waals surface area (Å²) >= 11 is 0. The van der Waals surface area contributed by atoms with Gasteiger partial charge in [0.15, 0.2) is 11.5 Å². The van der Waals surface area contributed by atoms with Gasteiger partial charge < -0.3 is 19.7 Å². The smallest absolute Gasteiger partial charge is 0.240 e. The van der Waals surface area contributed by atoms with Gasteiger partial charge in [0.1, 0.15) is 0 Å². The monoisotopic (exact) mass is 261 g/mol. The molecule has 0 saturated heterocycles. The molecular formula is C13H15N3O3. The second kappa shape index (κ2) is 4.89. The number of phenolic OH excluding ortho intramolecular Hbond substituents is 1. The topological polar surface area (TPSA) is 80.4 Å². The van der Waals surface area contributed by atoms with E-state index in [4.69, 9.17) is 9.26 Å². The molecule has 0 atom stereocenters. The lowest BCUT2D eigenvalue weighted by Gasteiger charge is -2.03. The predicted octanol–water partition coefficient (Wildman–Crippen LogP) is 1.70. The zero-order valence-corrected chi connectivity index (χ0v) is 10.6. The van der Waals surface area contributed by atoms with Gasteiger partial charge in [-0.25, -0.2) is 0 Å². The Labute approximate surface area is 110 Å². The first-order valence-corrected chi connectivity index (χ1v) is 6.19. The van der Waals surface area contributed by atoms with Crippen molar-refractivity contribution in [2.24, 2.45) is 0 Å². The lowest BCUT2D eigenvalue weighted by Crippen LogP contribution is -2.15. The highest BCUT2D eigenvalue weighted by atomic mass is 16.5. The Morgan fingerprint density at radius 2 is 2.32 bits per heavy atom. The van der Waals surface area contributed by atoms with E-state index in [1.807, 2.05) is 0 Å². The molecule has 0 spiro atoms. The third kappa shape index (κ3) is 2.68. The number of rotatable bonds is 5. The minimum atomic E-state index is 0.0883. The Hall–Kier alpha value is -2.08. The quantitative estimate of drug-likeness (QED) is 0.852. The largest absolute Gasteiger partial charge is 0.504 e. The van der Waals surface area contributed by atoms with E-state index in [2.05, 4.69) is 15.5 Å².